The summed E-state index contributed by atoms with van der Waals surface area (Å²) < 4.78 is 0. The average molecular weight is 469 g/mol. The number of carbonyl (C=O) groups excluding carboxylic acids is 4. The molecule has 3 N–H and O–H groups in total. The van der Waals surface area contributed by atoms with E-state index in [4.69, 9.17) is 11.6 Å². The van der Waals surface area contributed by atoms with E-state index in [0.29, 0.717) is 29.2 Å². The summed E-state index contributed by atoms with van der Waals surface area (Å²) in [7, 11) is 0. The first kappa shape index (κ1) is 22.8. The average Bonchev–Trinajstić information content (AvgIpc) is 3.09. The van der Waals surface area contributed by atoms with Crippen molar-refractivity contribution >= 4 is 41.0 Å². The summed E-state index contributed by atoms with van der Waals surface area (Å²) in [6.07, 6.45) is 0.535. The lowest BCUT2D eigenvalue weighted by molar-refractivity contribution is -0.136. The van der Waals surface area contributed by atoms with Gasteiger partial charge in [-0.3, -0.25) is 19.7 Å². The lowest BCUT2D eigenvalue weighted by atomic mass is 10.0. The van der Waals surface area contributed by atoms with E-state index < -0.39 is 11.9 Å². The summed E-state index contributed by atoms with van der Waals surface area (Å²) in [5, 5.41) is 8.58. The molecule has 33 heavy (non-hydrogen) atoms. The maximum atomic E-state index is 12.9. The van der Waals surface area contributed by atoms with E-state index in [1.54, 1.807) is 6.07 Å². The van der Waals surface area contributed by atoms with Gasteiger partial charge in [-0.05, 0) is 61.1 Å². The first-order valence-electron chi connectivity index (χ1n) is 10.7. The zero-order valence-corrected chi connectivity index (χ0v) is 19.4. The predicted molar refractivity (Wildman–Crippen MR) is 124 cm³/mol. The fourth-order valence-corrected chi connectivity index (χ4v) is 4.55. The Morgan fingerprint density at radius 1 is 1.15 bits per heavy atom. The lowest BCUT2D eigenvalue weighted by Gasteiger charge is -2.29. The smallest absolute Gasteiger partial charge is 0.319 e. The van der Waals surface area contributed by atoms with Crippen LogP contribution in [0.3, 0.4) is 0 Å². The van der Waals surface area contributed by atoms with E-state index in [-0.39, 0.29) is 30.8 Å². The fourth-order valence-electron chi connectivity index (χ4n) is 4.41. The van der Waals surface area contributed by atoms with Crippen LogP contribution in [-0.2, 0) is 22.7 Å². The van der Waals surface area contributed by atoms with Gasteiger partial charge in [0.25, 0.3) is 5.91 Å². The quantitative estimate of drug-likeness (QED) is 0.598. The maximum absolute atomic E-state index is 12.9. The van der Waals surface area contributed by atoms with Gasteiger partial charge < -0.3 is 15.5 Å². The van der Waals surface area contributed by atoms with Crippen molar-refractivity contribution in [3.05, 3.63) is 62.7 Å². The molecule has 2 heterocycles. The third-order valence-corrected chi connectivity index (χ3v) is 6.74. The Kier molecular flexibility index (Phi) is 6.12. The number of nitrogens with one attached hydrogen (secondary N) is 3. The third-order valence-electron chi connectivity index (χ3n) is 6.16. The Morgan fingerprint density at radius 3 is 2.64 bits per heavy atom. The van der Waals surface area contributed by atoms with Crippen molar-refractivity contribution in [2.45, 2.75) is 52.7 Å². The van der Waals surface area contributed by atoms with Crippen LogP contribution in [0.1, 0.15) is 51.0 Å². The SMILES string of the molecule is Cc1cc(C)c(NC(=O)NCc2ccc3c(c2)C(=O)N(C2CCC(=O)NC2=O)C3)c(C)c1Cl. The van der Waals surface area contributed by atoms with Crippen LogP contribution in [0.5, 0.6) is 0 Å². The van der Waals surface area contributed by atoms with Crippen LogP contribution in [0.15, 0.2) is 24.3 Å². The molecule has 1 atom stereocenters. The number of hydrogen-bond donors (Lipinski definition) is 3. The van der Waals surface area contributed by atoms with Gasteiger partial charge in [0.1, 0.15) is 6.04 Å². The van der Waals surface area contributed by atoms with Crippen molar-refractivity contribution in [3.8, 4) is 0 Å². The highest BCUT2D eigenvalue weighted by Gasteiger charge is 2.39. The first-order valence-corrected chi connectivity index (χ1v) is 11.1. The second-order valence-corrected chi connectivity index (χ2v) is 8.90. The normalized spacial score (nSPS) is 17.6. The number of carbonyl (C=O) groups is 4. The number of imide groups is 1. The summed E-state index contributed by atoms with van der Waals surface area (Å²) in [6, 6.07) is 6.32. The van der Waals surface area contributed by atoms with Crippen molar-refractivity contribution in [3.63, 3.8) is 0 Å². The monoisotopic (exact) mass is 468 g/mol. The molecule has 0 saturated carbocycles. The summed E-state index contributed by atoms with van der Waals surface area (Å²) in [5.41, 5.74) is 5.44. The molecular weight excluding hydrogens is 444 g/mol. The molecule has 0 aromatic heterocycles. The number of halogens is 1. The molecule has 1 fully saturated rings. The van der Waals surface area contributed by atoms with Gasteiger partial charge in [-0.1, -0.05) is 29.8 Å². The molecule has 9 heteroatoms. The Balaban J connectivity index is 1.41. The molecule has 8 nitrogen and oxygen atoms in total. The topological polar surface area (TPSA) is 108 Å². The molecule has 172 valence electrons. The molecular formula is C24H25ClN4O4. The number of hydrogen-bond acceptors (Lipinski definition) is 4. The number of fused-ring (bicyclic) bond motifs is 1. The zero-order valence-electron chi connectivity index (χ0n) is 18.7. The van der Waals surface area contributed by atoms with Gasteiger partial charge in [-0.2, -0.15) is 0 Å². The van der Waals surface area contributed by atoms with Crippen LogP contribution in [0.2, 0.25) is 5.02 Å². The molecule has 1 unspecified atom stereocenters. The van der Waals surface area contributed by atoms with E-state index in [0.717, 1.165) is 27.8 Å². The molecule has 0 aliphatic carbocycles. The van der Waals surface area contributed by atoms with E-state index in [9.17, 15) is 19.2 Å². The number of rotatable bonds is 4. The Labute approximate surface area is 196 Å². The number of piperidine rings is 1. The van der Waals surface area contributed by atoms with Gasteiger partial charge in [-0.25, -0.2) is 4.79 Å². The van der Waals surface area contributed by atoms with Crippen LogP contribution >= 0.6 is 11.6 Å². The molecule has 2 aliphatic heterocycles. The number of benzene rings is 2. The highest BCUT2D eigenvalue weighted by atomic mass is 35.5. The van der Waals surface area contributed by atoms with Crippen molar-refractivity contribution in [1.82, 2.24) is 15.5 Å². The van der Waals surface area contributed by atoms with Gasteiger partial charge >= 0.3 is 6.03 Å². The number of amides is 5. The van der Waals surface area contributed by atoms with Crippen LogP contribution in [0.4, 0.5) is 10.5 Å². The van der Waals surface area contributed by atoms with Crippen molar-refractivity contribution in [2.75, 3.05) is 5.32 Å². The van der Waals surface area contributed by atoms with Gasteiger partial charge in [-0.15, -0.1) is 0 Å². The van der Waals surface area contributed by atoms with Crippen LogP contribution in [0, 0.1) is 20.8 Å². The molecule has 2 aromatic carbocycles. The van der Waals surface area contributed by atoms with Crippen LogP contribution < -0.4 is 16.0 Å². The standard InChI is InChI=1S/C24H25ClN4O4/c1-12-8-13(2)21(14(3)20(12)25)28-24(33)26-10-15-4-5-16-11-29(23(32)17(16)9-15)18-6-7-19(30)27-22(18)31/h4-5,8-9,18H,6-7,10-11H2,1-3H3,(H2,26,28,33)(H,27,30,31). The number of urea groups is 1. The highest BCUT2D eigenvalue weighted by molar-refractivity contribution is 6.32. The predicted octanol–water partition coefficient (Wildman–Crippen LogP) is 3.35. The number of anilines is 1. The Hall–Kier alpha value is -3.39. The molecule has 1 saturated heterocycles. The minimum absolute atomic E-state index is 0.214. The first-order chi connectivity index (χ1) is 15.7. The van der Waals surface area contributed by atoms with E-state index in [2.05, 4.69) is 16.0 Å². The molecule has 2 aromatic rings. The largest absolute Gasteiger partial charge is 0.334 e. The van der Waals surface area contributed by atoms with Crippen LogP contribution in [0.25, 0.3) is 0 Å². The fraction of sp³-hybridized carbons (Fsp3) is 0.333. The third kappa shape index (κ3) is 4.43. The van der Waals surface area contributed by atoms with Crippen LogP contribution in [-0.4, -0.2) is 34.7 Å². The van der Waals surface area contributed by atoms with E-state index in [1.165, 1.54) is 4.90 Å². The molecule has 4 rings (SSSR count). The van der Waals surface area contributed by atoms with Gasteiger partial charge in [0.05, 0.1) is 0 Å². The second kappa shape index (κ2) is 8.86. The van der Waals surface area contributed by atoms with Gasteiger partial charge in [0.15, 0.2) is 0 Å². The maximum Gasteiger partial charge on any atom is 0.319 e. The molecule has 5 amide bonds. The van der Waals surface area contributed by atoms with E-state index >= 15 is 0 Å². The highest BCUT2D eigenvalue weighted by Crippen LogP contribution is 2.31. The van der Waals surface area contributed by atoms with Crippen molar-refractivity contribution < 1.29 is 19.2 Å². The number of nitrogens with zero attached hydrogens (tertiary/aromatic N) is 1. The zero-order chi connectivity index (χ0) is 23.9. The van der Waals surface area contributed by atoms with E-state index in [1.807, 2.05) is 39.0 Å². The molecule has 2 aliphatic rings. The molecule has 0 radical (unpaired) electrons. The molecule has 0 bridgehead atoms. The summed E-state index contributed by atoms with van der Waals surface area (Å²) in [4.78, 5) is 50.5. The summed E-state index contributed by atoms with van der Waals surface area (Å²) in [5.74, 6) is -0.996. The van der Waals surface area contributed by atoms with Gasteiger partial charge in [0, 0.05) is 35.8 Å². The minimum Gasteiger partial charge on any atom is -0.334 e. The van der Waals surface area contributed by atoms with Crippen molar-refractivity contribution in [1.29, 1.82) is 0 Å². The Bertz CT molecular complexity index is 1190. The lowest BCUT2D eigenvalue weighted by Crippen LogP contribution is -2.52. The summed E-state index contributed by atoms with van der Waals surface area (Å²) in [6.45, 7) is 6.23. The summed E-state index contributed by atoms with van der Waals surface area (Å²) >= 11 is 6.31. The number of aryl methyl sites for hydroxylation is 2. The van der Waals surface area contributed by atoms with Crippen molar-refractivity contribution in [2.24, 2.45) is 0 Å². The van der Waals surface area contributed by atoms with Gasteiger partial charge in [0.2, 0.25) is 11.8 Å². The minimum atomic E-state index is -0.650. The Morgan fingerprint density at radius 2 is 1.91 bits per heavy atom. The molecule has 0 spiro atoms. The second-order valence-electron chi connectivity index (χ2n) is 8.52.